The smallest absolute Gasteiger partial charge is 0.167 e. The van der Waals surface area contributed by atoms with Gasteiger partial charge in [-0.15, -0.1) is 0 Å². The van der Waals surface area contributed by atoms with Gasteiger partial charge in [-0.3, -0.25) is 9.69 Å². The second kappa shape index (κ2) is 9.95. The third-order valence-corrected chi connectivity index (χ3v) is 6.77. The number of phenolic OH excluding ortho intramolecular Hbond substituents is 2. The van der Waals surface area contributed by atoms with Crippen LogP contribution in [0.1, 0.15) is 45.8 Å². The lowest BCUT2D eigenvalue weighted by atomic mass is 9.67. The van der Waals surface area contributed by atoms with Crippen LogP contribution in [0.25, 0.3) is 0 Å². The van der Waals surface area contributed by atoms with Crippen LogP contribution in [0, 0.1) is 18.7 Å². The van der Waals surface area contributed by atoms with Crippen molar-refractivity contribution < 1.29 is 24.5 Å². The molecule has 6 heteroatoms. The second-order valence-electron chi connectivity index (χ2n) is 9.23. The Kier molecular flexibility index (Phi) is 7.00. The molecule has 3 aromatic rings. The van der Waals surface area contributed by atoms with Gasteiger partial charge in [0.15, 0.2) is 5.78 Å². The molecular formula is C28H30FNO4. The van der Waals surface area contributed by atoms with E-state index in [-0.39, 0.29) is 29.0 Å². The summed E-state index contributed by atoms with van der Waals surface area (Å²) in [5.41, 5.74) is 2.26. The van der Waals surface area contributed by atoms with Gasteiger partial charge in [-0.2, -0.15) is 0 Å². The highest BCUT2D eigenvalue weighted by atomic mass is 19.1. The number of aliphatic hydroxyl groups is 1. The average Bonchev–Trinajstić information content (AvgIpc) is 2.80. The molecule has 3 N–H and O–H groups in total. The summed E-state index contributed by atoms with van der Waals surface area (Å²) in [5, 5.41) is 30.8. The summed E-state index contributed by atoms with van der Waals surface area (Å²) >= 11 is 0. The van der Waals surface area contributed by atoms with Crippen LogP contribution in [0.2, 0.25) is 0 Å². The highest BCUT2D eigenvalue weighted by Crippen LogP contribution is 2.47. The van der Waals surface area contributed by atoms with Crippen molar-refractivity contribution in [1.82, 2.24) is 4.90 Å². The minimum Gasteiger partial charge on any atom is -0.508 e. The quantitative estimate of drug-likeness (QED) is 0.465. The van der Waals surface area contributed by atoms with Crippen LogP contribution in [-0.4, -0.2) is 51.7 Å². The standard InChI is InChI=1S/C28H30FNO4/c1-17(31)14-30-15-23(22-9-3-4-12-26(22)33)27(21-10-6-11-25(29)18(21)2)24(16-30)28(34)19-7-5-8-20(32)13-19/h3-13,17,23-24,27,31-33H,14-16H2,1-2H3/t17-,23+,24-,27+/m0/s1. The third kappa shape index (κ3) is 4.83. The Balaban J connectivity index is 1.89. The minimum atomic E-state index is -0.603. The number of piperidine rings is 1. The molecular weight excluding hydrogens is 433 g/mol. The molecule has 1 fully saturated rings. The first-order valence-electron chi connectivity index (χ1n) is 11.5. The van der Waals surface area contributed by atoms with Gasteiger partial charge >= 0.3 is 0 Å². The fraction of sp³-hybridized carbons (Fsp3) is 0.321. The predicted octanol–water partition coefficient (Wildman–Crippen LogP) is 4.61. The molecule has 5 nitrogen and oxygen atoms in total. The van der Waals surface area contributed by atoms with E-state index in [1.807, 2.05) is 23.1 Å². The molecule has 0 radical (unpaired) electrons. The van der Waals surface area contributed by atoms with Gasteiger partial charge in [0.1, 0.15) is 17.3 Å². The van der Waals surface area contributed by atoms with Crippen LogP contribution in [0.4, 0.5) is 4.39 Å². The van der Waals surface area contributed by atoms with Gasteiger partial charge in [0, 0.05) is 43.0 Å². The monoisotopic (exact) mass is 463 g/mol. The molecule has 0 amide bonds. The van der Waals surface area contributed by atoms with Crippen molar-refractivity contribution in [1.29, 1.82) is 0 Å². The Labute approximate surface area is 199 Å². The Hall–Kier alpha value is -3.22. The first-order valence-corrected chi connectivity index (χ1v) is 11.5. The number of Topliss-reactive ketones (excluding diaryl/α,β-unsaturated/α-hetero) is 1. The number of phenols is 2. The van der Waals surface area contributed by atoms with E-state index in [0.717, 1.165) is 5.56 Å². The molecule has 4 atom stereocenters. The molecule has 0 aliphatic carbocycles. The maximum absolute atomic E-state index is 14.7. The Morgan fingerprint density at radius 1 is 1.03 bits per heavy atom. The van der Waals surface area contributed by atoms with Crippen molar-refractivity contribution in [2.45, 2.75) is 31.8 Å². The predicted molar refractivity (Wildman–Crippen MR) is 129 cm³/mol. The largest absolute Gasteiger partial charge is 0.508 e. The van der Waals surface area contributed by atoms with E-state index in [2.05, 4.69) is 0 Å². The number of carbonyl (C=O) groups excluding carboxylic acids is 1. The summed E-state index contributed by atoms with van der Waals surface area (Å²) < 4.78 is 14.7. The zero-order valence-corrected chi connectivity index (χ0v) is 19.4. The summed E-state index contributed by atoms with van der Waals surface area (Å²) in [7, 11) is 0. The minimum absolute atomic E-state index is 0.00163. The third-order valence-electron chi connectivity index (χ3n) is 6.77. The van der Waals surface area contributed by atoms with Crippen molar-refractivity contribution in [3.63, 3.8) is 0 Å². The van der Waals surface area contributed by atoms with Gasteiger partial charge in [0.2, 0.25) is 0 Å². The highest BCUT2D eigenvalue weighted by molar-refractivity contribution is 5.99. The van der Waals surface area contributed by atoms with Crippen LogP contribution in [0.15, 0.2) is 66.7 Å². The number of hydrogen-bond acceptors (Lipinski definition) is 5. The van der Waals surface area contributed by atoms with Gasteiger partial charge < -0.3 is 15.3 Å². The van der Waals surface area contributed by atoms with Crippen molar-refractivity contribution in [2.24, 2.45) is 5.92 Å². The zero-order chi connectivity index (χ0) is 24.4. The number of halogens is 1. The molecule has 0 saturated carbocycles. The van der Waals surface area contributed by atoms with Gasteiger partial charge in [0.05, 0.1) is 6.10 Å². The molecule has 0 aromatic heterocycles. The fourth-order valence-corrected chi connectivity index (χ4v) is 5.29. The molecule has 34 heavy (non-hydrogen) atoms. The van der Waals surface area contributed by atoms with E-state index >= 15 is 0 Å². The second-order valence-corrected chi connectivity index (χ2v) is 9.23. The number of likely N-dealkylation sites (tertiary alicyclic amines) is 1. The lowest BCUT2D eigenvalue weighted by molar-refractivity contribution is 0.0590. The SMILES string of the molecule is Cc1c(F)cccc1[C@H]1[C@@H](C(=O)c2cccc(O)c2)CN(C[C@H](C)O)C[C@@H]1c1ccccc1O. The number of carbonyl (C=O) groups is 1. The van der Waals surface area contributed by atoms with Gasteiger partial charge in [-0.05, 0) is 54.8 Å². The van der Waals surface area contributed by atoms with E-state index in [1.54, 1.807) is 44.2 Å². The normalized spacial score (nSPS) is 21.8. The highest BCUT2D eigenvalue weighted by Gasteiger charge is 2.44. The molecule has 0 bridgehead atoms. The zero-order valence-electron chi connectivity index (χ0n) is 19.4. The van der Waals surface area contributed by atoms with Gasteiger partial charge in [-0.25, -0.2) is 4.39 Å². The van der Waals surface area contributed by atoms with Crippen LogP contribution in [0.5, 0.6) is 11.5 Å². The Morgan fingerprint density at radius 3 is 2.44 bits per heavy atom. The molecule has 1 aliphatic heterocycles. The average molecular weight is 464 g/mol. The number of aliphatic hydroxyl groups excluding tert-OH is 1. The first-order chi connectivity index (χ1) is 16.3. The molecule has 178 valence electrons. The van der Waals surface area contributed by atoms with Crippen molar-refractivity contribution in [2.75, 3.05) is 19.6 Å². The lowest BCUT2D eigenvalue weighted by Crippen LogP contribution is -2.49. The molecule has 4 rings (SSSR count). The fourth-order valence-electron chi connectivity index (χ4n) is 5.29. The van der Waals surface area contributed by atoms with E-state index < -0.39 is 17.9 Å². The number of hydrogen-bond donors (Lipinski definition) is 3. The number of para-hydroxylation sites is 1. The number of aromatic hydroxyl groups is 2. The summed E-state index contributed by atoms with van der Waals surface area (Å²) in [6, 6.07) is 18.2. The molecule has 1 saturated heterocycles. The lowest BCUT2D eigenvalue weighted by Gasteiger charge is -2.45. The maximum atomic E-state index is 14.7. The van der Waals surface area contributed by atoms with E-state index in [4.69, 9.17) is 0 Å². The van der Waals surface area contributed by atoms with E-state index in [9.17, 15) is 24.5 Å². The molecule has 0 unspecified atom stereocenters. The van der Waals surface area contributed by atoms with E-state index in [1.165, 1.54) is 18.2 Å². The van der Waals surface area contributed by atoms with Gasteiger partial charge in [0.25, 0.3) is 0 Å². The van der Waals surface area contributed by atoms with E-state index in [0.29, 0.717) is 36.3 Å². The molecule has 1 heterocycles. The number of rotatable bonds is 6. The van der Waals surface area contributed by atoms with Crippen LogP contribution < -0.4 is 0 Å². The Morgan fingerprint density at radius 2 is 1.74 bits per heavy atom. The first kappa shape index (κ1) is 23.9. The summed E-state index contributed by atoms with van der Waals surface area (Å²) in [6.45, 7) is 4.63. The Bertz CT molecular complexity index is 1180. The summed E-state index contributed by atoms with van der Waals surface area (Å²) in [5.74, 6) is -1.71. The van der Waals surface area contributed by atoms with Crippen LogP contribution in [-0.2, 0) is 0 Å². The van der Waals surface area contributed by atoms with Gasteiger partial charge in [-0.1, -0.05) is 42.5 Å². The summed E-state index contributed by atoms with van der Waals surface area (Å²) in [4.78, 5) is 15.9. The summed E-state index contributed by atoms with van der Waals surface area (Å²) in [6.07, 6.45) is -0.603. The molecule has 3 aromatic carbocycles. The molecule has 1 aliphatic rings. The van der Waals surface area contributed by atoms with Crippen molar-refractivity contribution >= 4 is 5.78 Å². The van der Waals surface area contributed by atoms with Crippen LogP contribution in [0.3, 0.4) is 0 Å². The number of benzene rings is 3. The number of ketones is 1. The molecule has 0 spiro atoms. The van der Waals surface area contributed by atoms with Crippen LogP contribution >= 0.6 is 0 Å². The number of β-amino-alcohol motifs (C(OH)–C–C–N with tert-alkyl or cyclic N) is 1. The number of nitrogens with zero attached hydrogens (tertiary/aromatic N) is 1. The van der Waals surface area contributed by atoms with Crippen molar-refractivity contribution in [3.8, 4) is 11.5 Å². The maximum Gasteiger partial charge on any atom is 0.167 e. The van der Waals surface area contributed by atoms with Crippen molar-refractivity contribution in [3.05, 3.63) is 94.8 Å². The topological polar surface area (TPSA) is 81.0 Å².